The molecule has 2 unspecified atom stereocenters. The van der Waals surface area contributed by atoms with E-state index in [-0.39, 0.29) is 17.9 Å². The minimum Gasteiger partial charge on any atom is -0.386 e. The van der Waals surface area contributed by atoms with Crippen LogP contribution in [-0.4, -0.2) is 40.6 Å². The molecule has 1 heterocycles. The lowest BCUT2D eigenvalue weighted by Gasteiger charge is -2.47. The lowest BCUT2D eigenvalue weighted by atomic mass is 9.89. The monoisotopic (exact) mass is 212 g/mol. The highest BCUT2D eigenvalue weighted by atomic mass is 16.3. The van der Waals surface area contributed by atoms with Crippen LogP contribution >= 0.6 is 0 Å². The van der Waals surface area contributed by atoms with Crippen molar-refractivity contribution >= 4 is 5.91 Å². The zero-order chi connectivity index (χ0) is 11.1. The third kappa shape index (κ3) is 2.01. The van der Waals surface area contributed by atoms with E-state index in [1.807, 2.05) is 6.92 Å². The molecule has 1 saturated carbocycles. The topological polar surface area (TPSA) is 66.6 Å². The largest absolute Gasteiger partial charge is 0.386 e. The highest BCUT2D eigenvalue weighted by Gasteiger charge is 2.44. The van der Waals surface area contributed by atoms with Gasteiger partial charge >= 0.3 is 0 Å². The summed E-state index contributed by atoms with van der Waals surface area (Å²) in [5.74, 6) is 0.308. The van der Waals surface area contributed by atoms with Gasteiger partial charge in [-0.3, -0.25) is 4.79 Å². The van der Waals surface area contributed by atoms with Gasteiger partial charge in [-0.1, -0.05) is 6.92 Å². The molecule has 1 saturated heterocycles. The number of nitrogens with zero attached hydrogens (tertiary/aromatic N) is 1. The molecule has 1 amide bonds. The number of hydrogen-bond acceptors (Lipinski definition) is 3. The number of carbonyl (C=O) groups excluding carboxylic acids is 1. The van der Waals surface area contributed by atoms with Crippen molar-refractivity contribution in [3.05, 3.63) is 0 Å². The van der Waals surface area contributed by atoms with E-state index in [0.29, 0.717) is 13.1 Å². The van der Waals surface area contributed by atoms with Crippen LogP contribution in [0.3, 0.4) is 0 Å². The number of rotatable bonds is 2. The van der Waals surface area contributed by atoms with Gasteiger partial charge in [-0.05, 0) is 25.7 Å². The predicted molar refractivity (Wildman–Crippen MR) is 57.1 cm³/mol. The second-order valence-electron chi connectivity index (χ2n) is 5.04. The van der Waals surface area contributed by atoms with Crippen molar-refractivity contribution in [3.63, 3.8) is 0 Å². The van der Waals surface area contributed by atoms with Crippen LogP contribution < -0.4 is 5.73 Å². The summed E-state index contributed by atoms with van der Waals surface area (Å²) in [5, 5.41) is 9.81. The molecule has 2 fully saturated rings. The van der Waals surface area contributed by atoms with E-state index in [9.17, 15) is 9.90 Å². The molecular formula is C11H20N2O2. The van der Waals surface area contributed by atoms with E-state index in [4.69, 9.17) is 5.73 Å². The molecule has 0 radical (unpaired) electrons. The van der Waals surface area contributed by atoms with Crippen molar-refractivity contribution in [1.82, 2.24) is 4.90 Å². The summed E-state index contributed by atoms with van der Waals surface area (Å²) in [4.78, 5) is 13.7. The van der Waals surface area contributed by atoms with Gasteiger partial charge in [-0.15, -0.1) is 0 Å². The van der Waals surface area contributed by atoms with Crippen LogP contribution in [0.15, 0.2) is 0 Å². The highest BCUT2D eigenvalue weighted by molar-refractivity contribution is 5.80. The van der Waals surface area contributed by atoms with E-state index < -0.39 is 5.60 Å². The van der Waals surface area contributed by atoms with Gasteiger partial charge < -0.3 is 15.7 Å². The average molecular weight is 212 g/mol. The van der Waals surface area contributed by atoms with Crippen molar-refractivity contribution in [1.29, 1.82) is 0 Å². The number of carbonyl (C=O) groups is 1. The molecule has 1 aliphatic carbocycles. The summed E-state index contributed by atoms with van der Waals surface area (Å²) in [7, 11) is 0. The van der Waals surface area contributed by atoms with Crippen molar-refractivity contribution in [2.75, 3.05) is 13.1 Å². The molecule has 0 aromatic rings. The van der Waals surface area contributed by atoms with Crippen LogP contribution in [0.2, 0.25) is 0 Å². The normalized spacial score (nSPS) is 33.9. The summed E-state index contributed by atoms with van der Waals surface area (Å²) < 4.78 is 0. The van der Waals surface area contributed by atoms with Gasteiger partial charge in [0.1, 0.15) is 0 Å². The summed E-state index contributed by atoms with van der Waals surface area (Å²) in [5.41, 5.74) is 5.17. The van der Waals surface area contributed by atoms with Crippen molar-refractivity contribution < 1.29 is 9.90 Å². The molecule has 1 aliphatic heterocycles. The van der Waals surface area contributed by atoms with Gasteiger partial charge in [0, 0.05) is 12.0 Å². The summed E-state index contributed by atoms with van der Waals surface area (Å²) in [6, 6.07) is 0.199. The second-order valence-corrected chi connectivity index (χ2v) is 5.04. The van der Waals surface area contributed by atoms with Crippen molar-refractivity contribution in [3.8, 4) is 0 Å². The first-order valence-corrected chi connectivity index (χ1v) is 5.81. The van der Waals surface area contributed by atoms with Crippen LogP contribution in [-0.2, 0) is 4.79 Å². The van der Waals surface area contributed by atoms with Crippen LogP contribution in [0, 0.1) is 5.92 Å². The quantitative estimate of drug-likeness (QED) is 0.682. The molecule has 0 aromatic carbocycles. The predicted octanol–water partition coefficient (Wildman–Crippen LogP) is 0.0971. The fourth-order valence-corrected chi connectivity index (χ4v) is 2.54. The molecule has 0 aromatic heterocycles. The van der Waals surface area contributed by atoms with E-state index in [1.54, 1.807) is 4.90 Å². The highest BCUT2D eigenvalue weighted by Crippen LogP contribution is 2.31. The smallest absolute Gasteiger partial charge is 0.225 e. The fourth-order valence-electron chi connectivity index (χ4n) is 2.54. The van der Waals surface area contributed by atoms with Gasteiger partial charge in [0.2, 0.25) is 5.91 Å². The van der Waals surface area contributed by atoms with E-state index in [1.165, 1.54) is 0 Å². The third-order valence-electron chi connectivity index (χ3n) is 3.76. The van der Waals surface area contributed by atoms with Crippen LogP contribution in [0.4, 0.5) is 0 Å². The Kier molecular flexibility index (Phi) is 2.73. The second kappa shape index (κ2) is 3.76. The van der Waals surface area contributed by atoms with Crippen molar-refractivity contribution in [2.45, 2.75) is 44.2 Å². The summed E-state index contributed by atoms with van der Waals surface area (Å²) in [6.07, 6.45) is 3.42. The molecule has 86 valence electrons. The minimum absolute atomic E-state index is 0.112. The Hall–Kier alpha value is -0.610. The first-order valence-electron chi connectivity index (χ1n) is 5.81. The van der Waals surface area contributed by atoms with Crippen molar-refractivity contribution in [2.24, 2.45) is 11.7 Å². The lowest BCUT2D eigenvalue weighted by molar-refractivity contribution is -0.159. The zero-order valence-corrected chi connectivity index (χ0v) is 9.28. The Bertz CT molecular complexity index is 261. The van der Waals surface area contributed by atoms with E-state index in [2.05, 4.69) is 0 Å². The molecule has 2 atom stereocenters. The van der Waals surface area contributed by atoms with Gasteiger partial charge in [-0.25, -0.2) is 0 Å². The zero-order valence-electron chi connectivity index (χ0n) is 9.28. The number of aliphatic hydroxyl groups is 1. The molecular weight excluding hydrogens is 192 g/mol. The van der Waals surface area contributed by atoms with Gasteiger partial charge in [-0.2, -0.15) is 0 Å². The average Bonchev–Trinajstić information content (AvgIpc) is 2.59. The molecule has 2 aliphatic rings. The van der Waals surface area contributed by atoms with Gasteiger partial charge in [0.25, 0.3) is 0 Å². The number of likely N-dealkylation sites (tertiary alicyclic amines) is 1. The van der Waals surface area contributed by atoms with Gasteiger partial charge in [0.05, 0.1) is 18.7 Å². The third-order valence-corrected chi connectivity index (χ3v) is 3.76. The van der Waals surface area contributed by atoms with Crippen LogP contribution in [0.5, 0.6) is 0 Å². The Labute approximate surface area is 90.4 Å². The number of hydrogen-bond donors (Lipinski definition) is 2. The first-order chi connectivity index (χ1) is 7.04. The standard InChI is InChI=1S/C11H20N2O2/c1-2-11(15)6-13(7-11)10(14)8-3-4-9(12)5-8/h8-9,15H,2-7,12H2,1H3. The van der Waals surface area contributed by atoms with E-state index in [0.717, 1.165) is 25.7 Å². The number of nitrogens with two attached hydrogens (primary N) is 1. The molecule has 0 bridgehead atoms. The summed E-state index contributed by atoms with van der Waals surface area (Å²) in [6.45, 7) is 2.97. The Morgan fingerprint density at radius 1 is 1.53 bits per heavy atom. The van der Waals surface area contributed by atoms with Crippen LogP contribution in [0.1, 0.15) is 32.6 Å². The minimum atomic E-state index is -0.615. The van der Waals surface area contributed by atoms with E-state index >= 15 is 0 Å². The molecule has 2 rings (SSSR count). The Morgan fingerprint density at radius 2 is 2.20 bits per heavy atom. The Morgan fingerprint density at radius 3 is 2.67 bits per heavy atom. The Balaban J connectivity index is 1.84. The molecule has 4 nitrogen and oxygen atoms in total. The van der Waals surface area contributed by atoms with Gasteiger partial charge in [0.15, 0.2) is 0 Å². The maximum atomic E-state index is 11.9. The molecule has 4 heteroatoms. The SMILES string of the molecule is CCC1(O)CN(C(=O)C2CCC(N)C2)C1. The first kappa shape index (κ1) is 10.9. The lowest BCUT2D eigenvalue weighted by Crippen LogP contribution is -2.64. The number of amides is 1. The molecule has 0 spiro atoms. The maximum absolute atomic E-state index is 11.9. The molecule has 15 heavy (non-hydrogen) atoms. The summed E-state index contributed by atoms with van der Waals surface area (Å²) >= 11 is 0. The number of β-amino-alcohol motifs (C(OH)–C–C–N with tert-alkyl or cyclic N) is 1. The molecule has 3 N–H and O–H groups in total. The maximum Gasteiger partial charge on any atom is 0.225 e. The fraction of sp³-hybridized carbons (Fsp3) is 0.909. The van der Waals surface area contributed by atoms with Crippen LogP contribution in [0.25, 0.3) is 0 Å².